The predicted molar refractivity (Wildman–Crippen MR) is 89.0 cm³/mol. The van der Waals surface area contributed by atoms with Crippen molar-refractivity contribution in [3.63, 3.8) is 0 Å². The first-order valence-corrected chi connectivity index (χ1v) is 9.79. The maximum absolute atomic E-state index is 11.8. The second-order valence-corrected chi connectivity index (χ2v) is 8.79. The van der Waals surface area contributed by atoms with E-state index in [-0.39, 0.29) is 5.54 Å². The van der Waals surface area contributed by atoms with E-state index < -0.39 is 10.0 Å². The van der Waals surface area contributed by atoms with Crippen LogP contribution in [0.4, 0.5) is 0 Å². The van der Waals surface area contributed by atoms with Gasteiger partial charge in [-0.15, -0.1) is 0 Å². The van der Waals surface area contributed by atoms with Gasteiger partial charge in [0.2, 0.25) is 10.0 Å². The molecule has 1 saturated heterocycles. The molecule has 3 atom stereocenters. The Hall–Kier alpha value is -0.170. The van der Waals surface area contributed by atoms with Gasteiger partial charge in [0.25, 0.3) is 0 Å². The highest BCUT2D eigenvalue weighted by molar-refractivity contribution is 7.88. The summed E-state index contributed by atoms with van der Waals surface area (Å²) in [4.78, 5) is 2.28. The summed E-state index contributed by atoms with van der Waals surface area (Å²) in [5.74, 6) is 0.441. The summed E-state index contributed by atoms with van der Waals surface area (Å²) in [5.41, 5.74) is 0.0854. The summed E-state index contributed by atoms with van der Waals surface area (Å²) >= 11 is 0. The van der Waals surface area contributed by atoms with Crippen molar-refractivity contribution in [1.82, 2.24) is 14.5 Å². The number of likely N-dealkylation sites (N-methyl/N-ethyl adjacent to an activating group) is 2. The lowest BCUT2D eigenvalue weighted by Crippen LogP contribution is -2.57. The molecule has 0 amide bonds. The summed E-state index contributed by atoms with van der Waals surface area (Å²) in [6, 6.07) is 0.363. The van der Waals surface area contributed by atoms with Crippen LogP contribution in [-0.2, 0) is 10.0 Å². The second-order valence-electron chi connectivity index (χ2n) is 6.81. The van der Waals surface area contributed by atoms with Crippen LogP contribution >= 0.6 is 0 Å². The van der Waals surface area contributed by atoms with Crippen LogP contribution in [0.25, 0.3) is 0 Å². The number of nitrogens with zero attached hydrogens (tertiary/aromatic N) is 2. The molecule has 21 heavy (non-hydrogen) atoms. The Labute approximate surface area is 131 Å². The first kappa shape index (κ1) is 18.9. The maximum atomic E-state index is 11.8. The van der Waals surface area contributed by atoms with Crippen molar-refractivity contribution in [1.29, 1.82) is 0 Å². The fourth-order valence-corrected chi connectivity index (χ4v) is 4.35. The van der Waals surface area contributed by atoms with Crippen LogP contribution in [0.5, 0.6) is 0 Å². The molecular weight excluding hydrogens is 286 g/mol. The SMILES string of the molecule is CCC(C)(C(CC1CCCN(S(C)(=O)=O)C1)NC)N(C)C. The third-order valence-corrected chi connectivity index (χ3v) is 6.63. The first-order valence-electron chi connectivity index (χ1n) is 7.95. The van der Waals surface area contributed by atoms with Gasteiger partial charge in [-0.3, -0.25) is 0 Å². The third kappa shape index (κ3) is 4.65. The maximum Gasteiger partial charge on any atom is 0.211 e. The number of piperidine rings is 1. The Morgan fingerprint density at radius 2 is 2.05 bits per heavy atom. The summed E-state index contributed by atoms with van der Waals surface area (Å²) in [6.07, 6.45) is 5.50. The summed E-state index contributed by atoms with van der Waals surface area (Å²) in [7, 11) is 3.20. The van der Waals surface area contributed by atoms with E-state index in [0.717, 1.165) is 25.7 Å². The molecule has 3 unspecified atom stereocenters. The van der Waals surface area contributed by atoms with Gasteiger partial charge in [-0.25, -0.2) is 12.7 Å². The van der Waals surface area contributed by atoms with Gasteiger partial charge in [-0.1, -0.05) is 6.92 Å². The van der Waals surface area contributed by atoms with E-state index in [1.54, 1.807) is 4.31 Å². The van der Waals surface area contributed by atoms with Crippen molar-refractivity contribution in [2.24, 2.45) is 5.92 Å². The van der Waals surface area contributed by atoms with Crippen molar-refractivity contribution < 1.29 is 8.42 Å². The van der Waals surface area contributed by atoms with Crippen LogP contribution in [0.2, 0.25) is 0 Å². The molecule has 1 aliphatic rings. The largest absolute Gasteiger partial charge is 0.315 e. The number of nitrogens with one attached hydrogen (secondary N) is 1. The highest BCUT2D eigenvalue weighted by atomic mass is 32.2. The van der Waals surface area contributed by atoms with E-state index >= 15 is 0 Å². The zero-order valence-electron chi connectivity index (χ0n) is 14.5. The highest BCUT2D eigenvalue weighted by Gasteiger charge is 2.36. The van der Waals surface area contributed by atoms with Gasteiger partial charge in [-0.05, 0) is 59.7 Å². The Morgan fingerprint density at radius 1 is 1.43 bits per heavy atom. The monoisotopic (exact) mass is 319 g/mol. The van der Waals surface area contributed by atoms with Crippen molar-refractivity contribution in [2.45, 2.75) is 51.1 Å². The minimum Gasteiger partial charge on any atom is -0.315 e. The molecule has 0 bridgehead atoms. The summed E-state index contributed by atoms with van der Waals surface area (Å²) < 4.78 is 25.1. The van der Waals surface area contributed by atoms with Crippen LogP contribution in [0.3, 0.4) is 0 Å². The van der Waals surface area contributed by atoms with E-state index in [0.29, 0.717) is 25.0 Å². The average molecular weight is 320 g/mol. The topological polar surface area (TPSA) is 52.7 Å². The molecule has 6 heteroatoms. The third-order valence-electron chi connectivity index (χ3n) is 5.36. The van der Waals surface area contributed by atoms with Crippen LogP contribution < -0.4 is 5.32 Å². The number of sulfonamides is 1. The molecule has 1 fully saturated rings. The molecule has 126 valence electrons. The molecule has 1 aliphatic heterocycles. The van der Waals surface area contributed by atoms with Crippen molar-refractivity contribution in [3.05, 3.63) is 0 Å². The van der Waals surface area contributed by atoms with Crippen molar-refractivity contribution in [2.75, 3.05) is 40.5 Å². The van der Waals surface area contributed by atoms with Crippen LogP contribution in [-0.4, -0.2) is 69.7 Å². The Bertz CT molecular complexity index is 425. The zero-order chi connectivity index (χ0) is 16.3. The standard InChI is InChI=1S/C15H33N3O2S/c1-7-15(2,17(4)5)14(16-3)11-13-9-8-10-18(12-13)21(6,19)20/h13-14,16H,7-12H2,1-6H3. The Balaban J connectivity index is 2.77. The lowest BCUT2D eigenvalue weighted by Gasteiger charge is -2.45. The zero-order valence-corrected chi connectivity index (χ0v) is 15.3. The summed E-state index contributed by atoms with van der Waals surface area (Å²) in [6.45, 7) is 5.85. The molecule has 0 aromatic heterocycles. The van der Waals surface area contributed by atoms with E-state index in [4.69, 9.17) is 0 Å². The van der Waals surface area contributed by atoms with E-state index in [9.17, 15) is 8.42 Å². The van der Waals surface area contributed by atoms with Gasteiger partial charge in [0, 0.05) is 24.7 Å². The minimum atomic E-state index is -3.06. The van der Waals surface area contributed by atoms with Crippen molar-refractivity contribution in [3.8, 4) is 0 Å². The van der Waals surface area contributed by atoms with Crippen LogP contribution in [0.1, 0.15) is 39.5 Å². The number of rotatable bonds is 7. The Morgan fingerprint density at radius 3 is 2.48 bits per heavy atom. The molecule has 1 rings (SSSR count). The normalized spacial score (nSPS) is 25.8. The molecule has 1 N–H and O–H groups in total. The molecule has 0 aromatic carbocycles. The molecule has 0 saturated carbocycles. The quantitative estimate of drug-likeness (QED) is 0.770. The van der Waals surface area contributed by atoms with Crippen LogP contribution in [0, 0.1) is 5.92 Å². The molecule has 0 radical (unpaired) electrons. The molecule has 5 nitrogen and oxygen atoms in total. The van der Waals surface area contributed by atoms with Gasteiger partial charge >= 0.3 is 0 Å². The number of hydrogen-bond donors (Lipinski definition) is 1. The summed E-state index contributed by atoms with van der Waals surface area (Å²) in [5, 5.41) is 3.47. The predicted octanol–water partition coefficient (Wildman–Crippen LogP) is 1.37. The van der Waals surface area contributed by atoms with Crippen LogP contribution in [0.15, 0.2) is 0 Å². The van der Waals surface area contributed by atoms with E-state index in [2.05, 4.69) is 38.2 Å². The fourth-order valence-electron chi connectivity index (χ4n) is 3.41. The van der Waals surface area contributed by atoms with Gasteiger partial charge in [0.15, 0.2) is 0 Å². The van der Waals surface area contributed by atoms with Gasteiger partial charge < -0.3 is 10.2 Å². The Kier molecular flexibility index (Phi) is 6.65. The molecular formula is C15H33N3O2S. The minimum absolute atomic E-state index is 0.0854. The van der Waals surface area contributed by atoms with Crippen molar-refractivity contribution >= 4 is 10.0 Å². The molecule has 0 aliphatic carbocycles. The highest BCUT2D eigenvalue weighted by Crippen LogP contribution is 2.29. The second kappa shape index (κ2) is 7.40. The number of hydrogen-bond acceptors (Lipinski definition) is 4. The lowest BCUT2D eigenvalue weighted by atomic mass is 9.80. The van der Waals surface area contributed by atoms with Gasteiger partial charge in [0.05, 0.1) is 6.26 Å². The molecule has 0 spiro atoms. The molecule has 1 heterocycles. The first-order chi connectivity index (χ1) is 9.65. The van der Waals surface area contributed by atoms with E-state index in [1.807, 2.05) is 7.05 Å². The van der Waals surface area contributed by atoms with Gasteiger partial charge in [0.1, 0.15) is 0 Å². The van der Waals surface area contributed by atoms with Gasteiger partial charge in [-0.2, -0.15) is 0 Å². The van der Waals surface area contributed by atoms with E-state index in [1.165, 1.54) is 6.26 Å². The lowest BCUT2D eigenvalue weighted by molar-refractivity contribution is 0.0943. The molecule has 0 aromatic rings. The fraction of sp³-hybridized carbons (Fsp3) is 1.00. The average Bonchev–Trinajstić information content (AvgIpc) is 2.43. The smallest absolute Gasteiger partial charge is 0.211 e.